The van der Waals surface area contributed by atoms with Gasteiger partial charge in [-0.15, -0.1) is 0 Å². The zero-order valence-corrected chi connectivity index (χ0v) is 13.6. The molecule has 0 saturated carbocycles. The molecular weight excluding hydrogens is 360 g/mol. The first kappa shape index (κ1) is 15.3. The first-order valence-electron chi connectivity index (χ1n) is 6.92. The number of ether oxygens (including phenoxy) is 1. The number of nitrogens with zero attached hydrogens (tertiary/aromatic N) is 1. The molecule has 1 aromatic heterocycles. The van der Waals surface area contributed by atoms with Crippen LogP contribution in [0.3, 0.4) is 0 Å². The van der Waals surface area contributed by atoms with Gasteiger partial charge in [-0.25, -0.2) is 0 Å². The van der Waals surface area contributed by atoms with Crippen LogP contribution in [0.4, 0.5) is 0 Å². The van der Waals surface area contributed by atoms with Crippen molar-refractivity contribution in [3.8, 4) is 5.75 Å². The molecule has 1 heterocycles. The van der Waals surface area contributed by atoms with Crippen LogP contribution in [0.25, 0.3) is 17.0 Å². The topological polar surface area (TPSA) is 68.2 Å². The van der Waals surface area contributed by atoms with E-state index in [0.717, 1.165) is 27.1 Å². The fourth-order valence-corrected chi connectivity index (χ4v) is 2.78. The van der Waals surface area contributed by atoms with Crippen LogP contribution in [0.1, 0.15) is 11.1 Å². The number of hydrogen-bond acceptors (Lipinski definition) is 3. The minimum Gasteiger partial charge on any atom is -0.488 e. The molecule has 116 valence electrons. The molecule has 0 aliphatic rings. The molecule has 5 nitrogen and oxygen atoms in total. The molecule has 0 bridgehead atoms. The lowest BCUT2D eigenvalue weighted by Crippen LogP contribution is -1.96. The van der Waals surface area contributed by atoms with Crippen LogP contribution >= 0.6 is 15.9 Å². The first-order valence-corrected chi connectivity index (χ1v) is 7.72. The molecule has 1 N–H and O–H groups in total. The lowest BCUT2D eigenvalue weighted by atomic mass is 10.1. The number of hydrogen-bond donors (Lipinski definition) is 1. The Morgan fingerprint density at radius 1 is 1.26 bits per heavy atom. The van der Waals surface area contributed by atoms with Crippen LogP contribution in [-0.4, -0.2) is 9.91 Å². The summed E-state index contributed by atoms with van der Waals surface area (Å²) in [5.74, 6) is 0.669. The van der Waals surface area contributed by atoms with Crippen molar-refractivity contribution in [2.45, 2.75) is 6.61 Å². The molecule has 6 heteroatoms. The summed E-state index contributed by atoms with van der Waals surface area (Å²) in [6, 6.07) is 13.6. The lowest BCUT2D eigenvalue weighted by molar-refractivity contribution is -0.400. The van der Waals surface area contributed by atoms with Crippen LogP contribution in [0.5, 0.6) is 5.75 Å². The maximum atomic E-state index is 10.6. The maximum Gasteiger partial charge on any atom is 0.235 e. The van der Waals surface area contributed by atoms with Gasteiger partial charge in [-0.3, -0.25) is 10.1 Å². The number of aromatic nitrogens is 1. The summed E-state index contributed by atoms with van der Waals surface area (Å²) in [6.45, 7) is 0.427. The zero-order valence-electron chi connectivity index (χ0n) is 12.0. The van der Waals surface area contributed by atoms with Crippen LogP contribution in [0, 0.1) is 10.1 Å². The second kappa shape index (κ2) is 6.66. The summed E-state index contributed by atoms with van der Waals surface area (Å²) in [5, 5.41) is 11.4. The molecule has 0 fully saturated rings. The number of nitro groups is 1. The smallest absolute Gasteiger partial charge is 0.235 e. The predicted octanol–water partition coefficient (Wildman–Crippen LogP) is 4.76. The van der Waals surface area contributed by atoms with Gasteiger partial charge in [-0.05, 0) is 17.7 Å². The summed E-state index contributed by atoms with van der Waals surface area (Å²) in [5.41, 5.74) is 2.62. The van der Waals surface area contributed by atoms with E-state index < -0.39 is 4.92 Å². The third-order valence-electron chi connectivity index (χ3n) is 3.35. The number of rotatable bonds is 5. The van der Waals surface area contributed by atoms with Gasteiger partial charge >= 0.3 is 0 Å². The molecule has 0 unspecified atom stereocenters. The second-order valence-electron chi connectivity index (χ2n) is 4.95. The first-order chi connectivity index (χ1) is 11.1. The van der Waals surface area contributed by atoms with Gasteiger partial charge in [0.05, 0.1) is 10.4 Å². The molecule has 2 aromatic carbocycles. The molecule has 0 saturated heterocycles. The number of benzene rings is 2. The predicted molar refractivity (Wildman–Crippen MR) is 92.8 cm³/mol. The Morgan fingerprint density at radius 3 is 2.78 bits per heavy atom. The van der Waals surface area contributed by atoms with Crippen molar-refractivity contribution in [2.75, 3.05) is 0 Å². The number of aromatic amines is 1. The summed E-state index contributed by atoms with van der Waals surface area (Å²) >= 11 is 3.45. The lowest BCUT2D eigenvalue weighted by Gasteiger charge is -2.09. The monoisotopic (exact) mass is 372 g/mol. The van der Waals surface area contributed by atoms with Crippen LogP contribution < -0.4 is 4.74 Å². The molecule has 0 amide bonds. The average molecular weight is 373 g/mol. The Kier molecular flexibility index (Phi) is 4.43. The van der Waals surface area contributed by atoms with Gasteiger partial charge < -0.3 is 9.72 Å². The van der Waals surface area contributed by atoms with E-state index in [1.54, 1.807) is 6.20 Å². The summed E-state index contributed by atoms with van der Waals surface area (Å²) < 4.78 is 6.81. The molecule has 23 heavy (non-hydrogen) atoms. The molecule has 0 aliphatic heterocycles. The van der Waals surface area contributed by atoms with Gasteiger partial charge in [0.15, 0.2) is 0 Å². The Hall–Kier alpha value is -2.60. The fraction of sp³-hybridized carbons (Fsp3) is 0.0588. The number of halogens is 1. The van der Waals surface area contributed by atoms with Crippen LogP contribution in [0.15, 0.2) is 59.3 Å². The van der Waals surface area contributed by atoms with Crippen LogP contribution in [-0.2, 0) is 6.61 Å². The van der Waals surface area contributed by atoms with Crippen molar-refractivity contribution in [1.29, 1.82) is 0 Å². The summed E-state index contributed by atoms with van der Waals surface area (Å²) in [7, 11) is 0. The highest BCUT2D eigenvalue weighted by Crippen LogP contribution is 2.33. The van der Waals surface area contributed by atoms with E-state index in [9.17, 15) is 10.1 Å². The largest absolute Gasteiger partial charge is 0.488 e. The van der Waals surface area contributed by atoms with Gasteiger partial charge in [0.25, 0.3) is 0 Å². The Balaban J connectivity index is 1.97. The third kappa shape index (κ3) is 3.60. The number of H-pyrrole nitrogens is 1. The fourth-order valence-electron chi connectivity index (χ4n) is 2.34. The minimum absolute atomic E-state index is 0.427. The molecule has 0 radical (unpaired) electrons. The third-order valence-corrected chi connectivity index (χ3v) is 3.81. The standard InChI is InChI=1S/C17H13BrN2O3/c18-14-8-15-17(13(10-19-15)6-7-20(21)22)16(9-14)23-11-12-4-2-1-3-5-12/h1-10,19H,11H2. The minimum atomic E-state index is -0.484. The van der Waals surface area contributed by atoms with Crippen molar-refractivity contribution < 1.29 is 9.66 Å². The number of nitrogens with one attached hydrogen (secondary N) is 1. The van der Waals surface area contributed by atoms with Gasteiger partial charge in [-0.1, -0.05) is 46.3 Å². The normalized spacial score (nSPS) is 11.2. The SMILES string of the molecule is O=[N+]([O-])C=Cc1c[nH]c2cc(Br)cc(OCc3ccccc3)c12. The van der Waals surface area contributed by atoms with Crippen molar-refractivity contribution in [3.05, 3.63) is 80.6 Å². The maximum absolute atomic E-state index is 10.6. The van der Waals surface area contributed by atoms with Crippen LogP contribution in [0.2, 0.25) is 0 Å². The summed E-state index contributed by atoms with van der Waals surface area (Å²) in [4.78, 5) is 13.2. The van der Waals surface area contributed by atoms with Crippen molar-refractivity contribution in [3.63, 3.8) is 0 Å². The molecule has 3 rings (SSSR count). The molecule has 0 spiro atoms. The van der Waals surface area contributed by atoms with Crippen molar-refractivity contribution in [1.82, 2.24) is 4.98 Å². The highest BCUT2D eigenvalue weighted by Gasteiger charge is 2.11. The van der Waals surface area contributed by atoms with Gasteiger partial charge in [0.2, 0.25) is 6.20 Å². The molecule has 3 aromatic rings. The van der Waals surface area contributed by atoms with Crippen molar-refractivity contribution in [2.24, 2.45) is 0 Å². The van der Waals surface area contributed by atoms with E-state index >= 15 is 0 Å². The summed E-state index contributed by atoms with van der Waals surface area (Å²) in [6.07, 6.45) is 4.11. The van der Waals surface area contributed by atoms with E-state index in [4.69, 9.17) is 4.74 Å². The van der Waals surface area contributed by atoms with E-state index in [1.807, 2.05) is 42.5 Å². The van der Waals surface area contributed by atoms with Crippen molar-refractivity contribution >= 4 is 32.9 Å². The molecule has 0 atom stereocenters. The van der Waals surface area contributed by atoms with E-state index in [-0.39, 0.29) is 0 Å². The Bertz CT molecular complexity index is 872. The molecule has 0 aliphatic carbocycles. The average Bonchev–Trinajstić information content (AvgIpc) is 2.94. The quantitative estimate of drug-likeness (QED) is 0.518. The highest BCUT2D eigenvalue weighted by molar-refractivity contribution is 9.10. The second-order valence-corrected chi connectivity index (χ2v) is 5.86. The van der Waals surface area contributed by atoms with Gasteiger partial charge in [-0.2, -0.15) is 0 Å². The number of fused-ring (bicyclic) bond motifs is 1. The Morgan fingerprint density at radius 2 is 2.04 bits per heavy atom. The van der Waals surface area contributed by atoms with Gasteiger partial charge in [0.1, 0.15) is 12.4 Å². The van der Waals surface area contributed by atoms with E-state index in [0.29, 0.717) is 17.9 Å². The Labute approximate surface area is 140 Å². The molecular formula is C17H13BrN2O3. The van der Waals surface area contributed by atoms with E-state index in [2.05, 4.69) is 20.9 Å². The zero-order chi connectivity index (χ0) is 16.2. The van der Waals surface area contributed by atoms with Gasteiger partial charge in [0, 0.05) is 27.7 Å². The van der Waals surface area contributed by atoms with E-state index in [1.165, 1.54) is 6.08 Å². The highest BCUT2D eigenvalue weighted by atomic mass is 79.9.